The van der Waals surface area contributed by atoms with Crippen LogP contribution in [0.2, 0.25) is 0 Å². The third-order valence-corrected chi connectivity index (χ3v) is 6.10. The van der Waals surface area contributed by atoms with Crippen LogP contribution in [-0.4, -0.2) is 27.1 Å². The summed E-state index contributed by atoms with van der Waals surface area (Å²) in [7, 11) is 1.95. The minimum Gasteiger partial charge on any atom is -0.351 e. The lowest BCUT2D eigenvalue weighted by atomic mass is 9.99. The maximum absolute atomic E-state index is 13.2. The molecule has 0 fully saturated rings. The molecule has 0 aliphatic heterocycles. The molecule has 3 N–H and O–H groups in total. The van der Waals surface area contributed by atoms with Crippen molar-refractivity contribution in [2.45, 2.75) is 20.8 Å². The van der Waals surface area contributed by atoms with E-state index in [9.17, 15) is 9.59 Å². The fourth-order valence-corrected chi connectivity index (χ4v) is 4.18. The first kappa shape index (κ1) is 24.6. The Morgan fingerprint density at radius 3 is 2.28 bits per heavy atom. The van der Waals surface area contributed by atoms with E-state index in [4.69, 9.17) is 5.41 Å². The number of hydrogen-bond donors (Lipinski definition) is 3. The maximum Gasteiger partial charge on any atom is 0.242 e. The zero-order valence-electron chi connectivity index (χ0n) is 20.8. The molecule has 4 rings (SSSR count). The number of benzene rings is 2. The molecule has 36 heavy (non-hydrogen) atoms. The molecule has 0 aliphatic rings. The molecule has 0 saturated heterocycles. The second-order valence-electron chi connectivity index (χ2n) is 8.88. The van der Waals surface area contributed by atoms with Gasteiger partial charge in [-0.1, -0.05) is 24.3 Å². The van der Waals surface area contributed by atoms with Gasteiger partial charge < -0.3 is 20.6 Å². The van der Waals surface area contributed by atoms with Gasteiger partial charge in [-0.3, -0.25) is 14.6 Å². The van der Waals surface area contributed by atoms with Crippen molar-refractivity contribution in [2.24, 2.45) is 13.0 Å². The summed E-state index contributed by atoms with van der Waals surface area (Å²) >= 11 is 0. The summed E-state index contributed by atoms with van der Waals surface area (Å²) in [4.78, 5) is 30.7. The fourth-order valence-electron chi connectivity index (χ4n) is 4.18. The Bertz CT molecular complexity index is 1460. The van der Waals surface area contributed by atoms with Gasteiger partial charge in [0.15, 0.2) is 5.92 Å². The van der Waals surface area contributed by atoms with Crippen LogP contribution in [0.1, 0.15) is 19.5 Å². The first-order valence-corrected chi connectivity index (χ1v) is 11.7. The molecule has 1 atom stereocenters. The van der Waals surface area contributed by atoms with Crippen LogP contribution in [0.4, 0.5) is 11.4 Å². The molecule has 2 amide bonds. The van der Waals surface area contributed by atoms with Crippen molar-refractivity contribution in [2.75, 3.05) is 10.6 Å². The van der Waals surface area contributed by atoms with E-state index in [0.717, 1.165) is 33.6 Å². The number of anilines is 2. The molecule has 2 aromatic heterocycles. The number of pyridine rings is 1. The molecular formula is C29H31N5O2. The van der Waals surface area contributed by atoms with Gasteiger partial charge in [-0.05, 0) is 74.4 Å². The summed E-state index contributed by atoms with van der Waals surface area (Å²) in [5.74, 6) is -2.40. The molecule has 184 valence electrons. The minimum atomic E-state index is -1.27. The number of carbonyl (C=O) groups excluding carboxylic acids is 2. The minimum absolute atomic E-state index is 0. The first-order valence-electron chi connectivity index (χ1n) is 11.7. The Kier molecular flexibility index (Phi) is 7.10. The number of rotatable bonds is 7. The van der Waals surface area contributed by atoms with Gasteiger partial charge in [-0.25, -0.2) is 0 Å². The molecule has 7 nitrogen and oxygen atoms in total. The maximum atomic E-state index is 13.2. The Labute approximate surface area is 212 Å². The molecule has 0 aliphatic carbocycles. The molecule has 0 saturated carbocycles. The summed E-state index contributed by atoms with van der Waals surface area (Å²) in [6.45, 7) is 5.43. The Balaban J connectivity index is 0.00000380. The lowest BCUT2D eigenvalue weighted by Crippen LogP contribution is -2.38. The van der Waals surface area contributed by atoms with E-state index in [1.54, 1.807) is 18.3 Å². The Morgan fingerprint density at radius 1 is 0.917 bits per heavy atom. The average molecular weight is 482 g/mol. The predicted octanol–water partition coefficient (Wildman–Crippen LogP) is 5.85. The molecule has 0 spiro atoms. The van der Waals surface area contributed by atoms with Gasteiger partial charge in [-0.2, -0.15) is 0 Å². The molecule has 0 radical (unpaired) electrons. The second kappa shape index (κ2) is 10.4. The zero-order chi connectivity index (χ0) is 25.8. The van der Waals surface area contributed by atoms with Crippen molar-refractivity contribution >= 4 is 28.9 Å². The van der Waals surface area contributed by atoms with Gasteiger partial charge in [0.2, 0.25) is 11.8 Å². The summed E-state index contributed by atoms with van der Waals surface area (Å²) in [5, 5.41) is 13.8. The first-order chi connectivity index (χ1) is 17.2. The topological polar surface area (TPSA) is 99.9 Å². The lowest BCUT2D eigenvalue weighted by Gasteiger charge is -2.17. The van der Waals surface area contributed by atoms with Crippen molar-refractivity contribution in [3.63, 3.8) is 0 Å². The van der Waals surface area contributed by atoms with Crippen LogP contribution >= 0.6 is 0 Å². The standard InChI is InChI=1S/C29H29N5O2.H2/c1-18-12-13-23(17-24(18)27-19(2)8-6-14-31-27)33-29(36)26(20(3)30)28(35)32-22-10-5-9-21(16-22)25-11-7-15-34(25)4;/h5-17,26,30H,1-4H3,(H,32,35)(H,33,36);1H. The van der Waals surface area contributed by atoms with Crippen molar-refractivity contribution in [3.8, 4) is 22.5 Å². The van der Waals surface area contributed by atoms with Crippen molar-refractivity contribution in [1.29, 1.82) is 5.41 Å². The van der Waals surface area contributed by atoms with E-state index < -0.39 is 17.7 Å². The van der Waals surface area contributed by atoms with Gasteiger partial charge >= 0.3 is 0 Å². The Hall–Kier alpha value is -4.52. The van der Waals surface area contributed by atoms with Crippen LogP contribution in [0.5, 0.6) is 0 Å². The number of aryl methyl sites for hydroxylation is 3. The molecule has 7 heteroatoms. The van der Waals surface area contributed by atoms with Crippen molar-refractivity contribution in [1.82, 2.24) is 9.55 Å². The molecule has 2 aromatic carbocycles. The predicted molar refractivity (Wildman–Crippen MR) is 146 cm³/mol. The molecule has 0 bridgehead atoms. The molecule has 2 heterocycles. The van der Waals surface area contributed by atoms with Gasteiger partial charge in [0.1, 0.15) is 0 Å². The summed E-state index contributed by atoms with van der Waals surface area (Å²) < 4.78 is 1.99. The van der Waals surface area contributed by atoms with Crippen molar-refractivity contribution in [3.05, 3.63) is 90.3 Å². The number of nitrogens with one attached hydrogen (secondary N) is 3. The van der Waals surface area contributed by atoms with Crippen LogP contribution in [0.25, 0.3) is 22.5 Å². The summed E-state index contributed by atoms with van der Waals surface area (Å²) in [6.07, 6.45) is 3.68. The summed E-state index contributed by atoms with van der Waals surface area (Å²) in [5.41, 5.74) is 6.76. The third kappa shape index (κ3) is 5.25. The van der Waals surface area contributed by atoms with E-state index in [1.165, 1.54) is 6.92 Å². The van der Waals surface area contributed by atoms with E-state index >= 15 is 0 Å². The summed E-state index contributed by atoms with van der Waals surface area (Å²) in [6, 6.07) is 20.7. The SMILES string of the molecule is CC(=N)C(C(=O)Nc1cccc(-c2cccn2C)c1)C(=O)Nc1ccc(C)c(-c2ncccc2C)c1.[HH]. The second-order valence-corrected chi connectivity index (χ2v) is 8.88. The van der Waals surface area contributed by atoms with Gasteiger partial charge in [0.05, 0.1) is 5.69 Å². The van der Waals surface area contributed by atoms with Gasteiger partial charge in [0.25, 0.3) is 0 Å². The lowest BCUT2D eigenvalue weighted by molar-refractivity contribution is -0.126. The number of carbonyl (C=O) groups is 2. The largest absolute Gasteiger partial charge is 0.351 e. The number of nitrogens with zero attached hydrogens (tertiary/aromatic N) is 2. The molecular weight excluding hydrogens is 450 g/mol. The quantitative estimate of drug-likeness (QED) is 0.228. The smallest absolute Gasteiger partial charge is 0.242 e. The van der Waals surface area contributed by atoms with E-state index in [-0.39, 0.29) is 7.14 Å². The Morgan fingerprint density at radius 2 is 1.64 bits per heavy atom. The highest BCUT2D eigenvalue weighted by Crippen LogP contribution is 2.28. The van der Waals surface area contributed by atoms with E-state index in [1.807, 2.05) is 86.3 Å². The van der Waals surface area contributed by atoms with Crippen LogP contribution in [0, 0.1) is 25.2 Å². The van der Waals surface area contributed by atoms with Gasteiger partial charge in [-0.15, -0.1) is 0 Å². The van der Waals surface area contributed by atoms with Crippen LogP contribution in [0.15, 0.2) is 79.1 Å². The van der Waals surface area contributed by atoms with Crippen LogP contribution in [-0.2, 0) is 16.6 Å². The highest BCUT2D eigenvalue weighted by atomic mass is 16.2. The van der Waals surface area contributed by atoms with Crippen molar-refractivity contribution < 1.29 is 11.0 Å². The van der Waals surface area contributed by atoms with E-state index in [2.05, 4.69) is 15.6 Å². The average Bonchev–Trinajstić information content (AvgIpc) is 3.26. The van der Waals surface area contributed by atoms with Gasteiger partial charge in [0, 0.05) is 54.8 Å². The zero-order valence-corrected chi connectivity index (χ0v) is 20.8. The third-order valence-electron chi connectivity index (χ3n) is 6.10. The highest BCUT2D eigenvalue weighted by molar-refractivity contribution is 6.24. The highest BCUT2D eigenvalue weighted by Gasteiger charge is 2.29. The van der Waals surface area contributed by atoms with E-state index in [0.29, 0.717) is 11.4 Å². The normalized spacial score (nSPS) is 11.6. The number of aromatic nitrogens is 2. The number of amides is 2. The molecule has 1 unspecified atom stereocenters. The van der Waals surface area contributed by atoms with Crippen LogP contribution in [0.3, 0.4) is 0 Å². The fraction of sp³-hybridized carbons (Fsp3) is 0.172. The van der Waals surface area contributed by atoms with Crippen LogP contribution < -0.4 is 10.6 Å². The monoisotopic (exact) mass is 481 g/mol. The number of hydrogen-bond acceptors (Lipinski definition) is 4. The molecule has 4 aromatic rings.